The summed E-state index contributed by atoms with van der Waals surface area (Å²) in [4.78, 5) is 29.9. The second kappa shape index (κ2) is 14.0. The Morgan fingerprint density at radius 1 is 1.05 bits per heavy atom. The molecule has 0 aromatic carbocycles. The molecule has 8 nitrogen and oxygen atoms in total. The van der Waals surface area contributed by atoms with Crippen molar-refractivity contribution in [3.05, 3.63) is 11.6 Å². The lowest BCUT2D eigenvalue weighted by molar-refractivity contribution is -0.0581. The fourth-order valence-corrected chi connectivity index (χ4v) is 10.1. The zero-order chi connectivity index (χ0) is 30.7. The number of aliphatic hydroxyl groups is 1. The summed E-state index contributed by atoms with van der Waals surface area (Å²) in [6.07, 6.45) is 15.0. The monoisotopic (exact) mass is 611 g/mol. The molecule has 42 heavy (non-hydrogen) atoms. The molecule has 0 aliphatic heterocycles. The van der Waals surface area contributed by atoms with Gasteiger partial charge in [0.2, 0.25) is 0 Å². The molecule has 0 heterocycles. The number of amides is 1. The van der Waals surface area contributed by atoms with Gasteiger partial charge in [0.25, 0.3) is 0 Å². The molecule has 0 saturated heterocycles. The van der Waals surface area contributed by atoms with Crippen LogP contribution in [0.1, 0.15) is 118 Å². The maximum absolute atomic E-state index is 12.5. The lowest BCUT2D eigenvalue weighted by atomic mass is 9.47. The Labute approximate surface area is 254 Å². The highest BCUT2D eigenvalue weighted by atomic mass is 31.2. The van der Waals surface area contributed by atoms with Crippen LogP contribution in [-0.4, -0.2) is 46.3 Å². The minimum absolute atomic E-state index is 0.0807. The Bertz CT molecular complexity index is 997. The number of rotatable bonds is 13. The molecule has 3 saturated carbocycles. The first kappa shape index (κ1) is 34.0. The van der Waals surface area contributed by atoms with E-state index in [4.69, 9.17) is 14.5 Å². The maximum atomic E-state index is 12.5. The van der Waals surface area contributed by atoms with Crippen LogP contribution in [0.5, 0.6) is 0 Å². The predicted molar refractivity (Wildman–Crippen MR) is 165 cm³/mol. The van der Waals surface area contributed by atoms with Crippen LogP contribution < -0.4 is 5.32 Å². The molecule has 0 spiro atoms. The van der Waals surface area contributed by atoms with E-state index in [9.17, 15) is 14.5 Å². The summed E-state index contributed by atoms with van der Waals surface area (Å²) >= 11 is 0. The van der Waals surface area contributed by atoms with Gasteiger partial charge >= 0.3 is 13.9 Å². The molecule has 242 valence electrons. The van der Waals surface area contributed by atoms with Crippen LogP contribution in [0, 0.1) is 46.3 Å². The Morgan fingerprint density at radius 2 is 1.81 bits per heavy atom. The smallest absolute Gasteiger partial charge is 0.446 e. The number of phosphoric ester groups is 1. The Kier molecular flexibility index (Phi) is 11.3. The number of nitrogens with one attached hydrogen (secondary N) is 1. The number of hydrogen-bond donors (Lipinski definition) is 4. The van der Waals surface area contributed by atoms with E-state index >= 15 is 0 Å². The topological polar surface area (TPSA) is 125 Å². The van der Waals surface area contributed by atoms with Crippen molar-refractivity contribution in [2.24, 2.45) is 46.3 Å². The average Bonchev–Trinajstić information content (AvgIpc) is 3.25. The molecule has 0 bridgehead atoms. The van der Waals surface area contributed by atoms with Gasteiger partial charge in [-0.3, -0.25) is 4.52 Å². The van der Waals surface area contributed by atoms with Gasteiger partial charge in [-0.05, 0) is 104 Å². The third kappa shape index (κ3) is 8.02. The molecule has 9 heteroatoms. The number of phosphoric acid groups is 1. The van der Waals surface area contributed by atoms with Crippen LogP contribution in [0.2, 0.25) is 0 Å². The molecule has 4 aliphatic carbocycles. The van der Waals surface area contributed by atoms with Gasteiger partial charge in [0.05, 0.1) is 12.7 Å². The van der Waals surface area contributed by atoms with Crippen molar-refractivity contribution in [2.75, 3.05) is 13.2 Å². The Morgan fingerprint density at radius 3 is 2.52 bits per heavy atom. The molecule has 0 aromatic rings. The first-order valence-corrected chi connectivity index (χ1v) is 18.3. The predicted octanol–water partition coefficient (Wildman–Crippen LogP) is 7.37. The van der Waals surface area contributed by atoms with E-state index in [1.807, 2.05) is 0 Å². The minimum atomic E-state index is -4.53. The minimum Gasteiger partial charge on any atom is -0.446 e. The number of hydrogen-bond acceptors (Lipinski definition) is 5. The fourth-order valence-electron chi connectivity index (χ4n) is 9.74. The summed E-state index contributed by atoms with van der Waals surface area (Å²) in [7, 11) is -4.53. The average molecular weight is 612 g/mol. The lowest BCUT2D eigenvalue weighted by Crippen LogP contribution is -2.51. The first-order valence-electron chi connectivity index (χ1n) is 16.7. The van der Waals surface area contributed by atoms with Gasteiger partial charge in [-0.1, -0.05) is 65.5 Å². The molecular weight excluding hydrogens is 553 g/mol. The Balaban J connectivity index is 1.26. The number of ether oxygens (including phenoxy) is 1. The fraction of sp³-hybridized carbons (Fsp3) is 0.909. The van der Waals surface area contributed by atoms with Crippen molar-refractivity contribution in [1.29, 1.82) is 0 Å². The molecule has 4 N–H and O–H groups in total. The van der Waals surface area contributed by atoms with Crippen molar-refractivity contribution >= 4 is 13.9 Å². The van der Waals surface area contributed by atoms with E-state index in [0.717, 1.165) is 54.8 Å². The zero-order valence-electron chi connectivity index (χ0n) is 26.7. The van der Waals surface area contributed by atoms with Gasteiger partial charge in [-0.25, -0.2) is 9.36 Å². The van der Waals surface area contributed by atoms with Gasteiger partial charge in [-0.2, -0.15) is 0 Å². The second-order valence-corrected chi connectivity index (χ2v) is 16.3. The summed E-state index contributed by atoms with van der Waals surface area (Å²) < 4.78 is 20.9. The van der Waals surface area contributed by atoms with Gasteiger partial charge in [-0.15, -0.1) is 0 Å². The molecule has 4 rings (SSSR count). The molecule has 4 aliphatic rings. The third-order valence-electron chi connectivity index (χ3n) is 12.0. The van der Waals surface area contributed by atoms with E-state index in [1.54, 1.807) is 0 Å². The van der Waals surface area contributed by atoms with Crippen molar-refractivity contribution < 1.29 is 33.5 Å². The van der Waals surface area contributed by atoms with E-state index in [-0.39, 0.29) is 37.5 Å². The van der Waals surface area contributed by atoms with Crippen LogP contribution in [0.15, 0.2) is 11.6 Å². The highest BCUT2D eigenvalue weighted by Crippen LogP contribution is 2.67. The summed E-state index contributed by atoms with van der Waals surface area (Å²) in [6.45, 7) is 12.3. The van der Waals surface area contributed by atoms with E-state index in [0.29, 0.717) is 5.41 Å². The normalized spacial score (nSPS) is 35.9. The molecule has 0 radical (unpaired) electrons. The highest BCUT2D eigenvalue weighted by molar-refractivity contribution is 7.46. The summed E-state index contributed by atoms with van der Waals surface area (Å²) in [6, 6.07) is 0. The van der Waals surface area contributed by atoms with Crippen LogP contribution in [0.25, 0.3) is 0 Å². The highest BCUT2D eigenvalue weighted by Gasteiger charge is 2.59. The molecule has 0 aromatic heterocycles. The van der Waals surface area contributed by atoms with Crippen molar-refractivity contribution in [2.45, 2.75) is 130 Å². The molecule has 3 fully saturated rings. The van der Waals surface area contributed by atoms with Gasteiger partial charge in [0, 0.05) is 13.0 Å². The van der Waals surface area contributed by atoms with Crippen molar-refractivity contribution in [3.8, 4) is 0 Å². The summed E-state index contributed by atoms with van der Waals surface area (Å²) in [5.74, 6) is 4.84. The molecule has 6 unspecified atom stereocenters. The van der Waals surface area contributed by atoms with E-state index < -0.39 is 20.0 Å². The van der Waals surface area contributed by atoms with Crippen LogP contribution >= 0.6 is 7.82 Å². The van der Waals surface area contributed by atoms with E-state index in [1.165, 1.54) is 56.9 Å². The van der Waals surface area contributed by atoms with E-state index in [2.05, 4.69) is 50.5 Å². The zero-order valence-corrected chi connectivity index (χ0v) is 27.6. The standard InChI is InChI=1S/C33H58NO7P/c1-22(2)7-6-8-23(3)28-11-12-29-27-10-9-24-21-26(13-17-32(24,4)30(27)14-18-33(28,29)5)41-31(36)34-19-15-25(35)16-20-40-42(37,38)39/h9,22-23,25-30,35H,6-8,10-21H2,1-5H3,(H,34,36)(H2,37,38,39)/t23-,25?,26-,27?,28+,29?,30?,32?,33?/m0/s1. The quantitative estimate of drug-likeness (QED) is 0.127. The number of aliphatic hydroxyl groups excluding tert-OH is 1. The van der Waals surface area contributed by atoms with Crippen molar-refractivity contribution in [1.82, 2.24) is 5.32 Å². The van der Waals surface area contributed by atoms with Crippen LogP contribution in [0.3, 0.4) is 0 Å². The molecular formula is C33H58NO7P. The maximum Gasteiger partial charge on any atom is 0.469 e. The lowest BCUT2D eigenvalue weighted by Gasteiger charge is -2.58. The second-order valence-electron chi connectivity index (χ2n) is 15.0. The number of allylic oxidation sites excluding steroid dienone is 1. The number of carbonyl (C=O) groups excluding carboxylic acids is 1. The van der Waals surface area contributed by atoms with Gasteiger partial charge in [0.15, 0.2) is 0 Å². The Hall–Kier alpha value is -0.920. The summed E-state index contributed by atoms with van der Waals surface area (Å²) in [5.41, 5.74) is 2.19. The third-order valence-corrected chi connectivity index (χ3v) is 12.5. The van der Waals surface area contributed by atoms with Gasteiger partial charge in [0.1, 0.15) is 6.10 Å². The SMILES string of the molecule is CC(C)CCC[C@H](C)[C@H]1CCC2C3CC=C4C[C@@H](OC(=O)NCCC(O)CCOP(=O)(O)O)CCC4(C)C3CCC21C. The summed E-state index contributed by atoms with van der Waals surface area (Å²) in [5, 5.41) is 12.7. The van der Waals surface area contributed by atoms with Gasteiger partial charge < -0.3 is 24.9 Å². The molecule has 9 atom stereocenters. The largest absolute Gasteiger partial charge is 0.469 e. The van der Waals surface area contributed by atoms with Crippen LogP contribution in [-0.2, 0) is 13.8 Å². The first-order chi connectivity index (χ1) is 19.7. The molecule has 1 amide bonds. The number of carbonyl (C=O) groups is 1. The van der Waals surface area contributed by atoms with Crippen LogP contribution in [0.4, 0.5) is 4.79 Å². The number of alkyl carbamates (subject to hydrolysis) is 1. The van der Waals surface area contributed by atoms with Crippen molar-refractivity contribution in [3.63, 3.8) is 0 Å². The number of fused-ring (bicyclic) bond motifs is 5.